The molecule has 27 heavy (non-hydrogen) atoms. The van der Waals surface area contributed by atoms with Gasteiger partial charge in [0.15, 0.2) is 0 Å². The summed E-state index contributed by atoms with van der Waals surface area (Å²) < 4.78 is 1.38. The number of tetrazole rings is 1. The lowest BCUT2D eigenvalue weighted by molar-refractivity contribution is -0.134. The van der Waals surface area contributed by atoms with Gasteiger partial charge in [-0.2, -0.15) is 0 Å². The van der Waals surface area contributed by atoms with E-state index in [4.69, 9.17) is 5.73 Å². The van der Waals surface area contributed by atoms with E-state index in [1.807, 2.05) is 13.8 Å². The fourth-order valence-electron chi connectivity index (χ4n) is 3.35. The highest BCUT2D eigenvalue weighted by Gasteiger charge is 2.40. The van der Waals surface area contributed by atoms with Crippen molar-refractivity contribution >= 4 is 11.8 Å². The molecule has 3 N–H and O–H groups in total. The average molecular weight is 373 g/mol. The molecule has 0 radical (unpaired) electrons. The maximum Gasteiger partial charge on any atom is 0.258 e. The Morgan fingerprint density at radius 2 is 2.07 bits per heavy atom. The molecule has 1 aliphatic rings. The SMILES string of the molecule is CCN(CC)C(=O)[C@@H]1C[C@H](N)CN1C(=O)c1cc(-n2cnnn2)ccc1O. The standard InChI is InChI=1S/C17H23N7O3/c1-3-22(4-2)17(27)14-7-11(18)9-23(14)16(26)13-8-12(5-6-15(13)25)24-10-19-20-21-24/h5-6,8,10-11,14,25H,3-4,7,9,18H2,1-2H3/t11-,14-/m0/s1. The molecule has 3 rings (SSSR count). The molecule has 0 spiro atoms. The Hall–Kier alpha value is -3.01. The molecule has 1 aromatic heterocycles. The molecule has 2 atom stereocenters. The van der Waals surface area contributed by atoms with E-state index in [1.165, 1.54) is 28.0 Å². The first-order chi connectivity index (χ1) is 13.0. The zero-order valence-electron chi connectivity index (χ0n) is 15.3. The third-order valence-corrected chi connectivity index (χ3v) is 4.78. The molecule has 0 aliphatic carbocycles. The molecule has 144 valence electrons. The number of aromatic hydroxyl groups is 1. The molecule has 0 bridgehead atoms. The van der Waals surface area contributed by atoms with E-state index in [1.54, 1.807) is 11.0 Å². The summed E-state index contributed by atoms with van der Waals surface area (Å²) in [6, 6.07) is 3.57. The summed E-state index contributed by atoms with van der Waals surface area (Å²) in [5.41, 5.74) is 6.64. The number of likely N-dealkylation sites (N-methyl/N-ethyl adjacent to an activating group) is 1. The van der Waals surface area contributed by atoms with Crippen LogP contribution >= 0.6 is 0 Å². The lowest BCUT2D eigenvalue weighted by Gasteiger charge is -2.29. The Morgan fingerprint density at radius 3 is 2.70 bits per heavy atom. The van der Waals surface area contributed by atoms with Crippen molar-refractivity contribution in [3.8, 4) is 11.4 Å². The number of likely N-dealkylation sites (tertiary alicyclic amines) is 1. The topological polar surface area (TPSA) is 130 Å². The van der Waals surface area contributed by atoms with E-state index in [-0.39, 0.29) is 29.8 Å². The lowest BCUT2D eigenvalue weighted by Crippen LogP contribution is -2.47. The van der Waals surface area contributed by atoms with Gasteiger partial charge in [-0.3, -0.25) is 9.59 Å². The first-order valence-electron chi connectivity index (χ1n) is 8.87. The van der Waals surface area contributed by atoms with Gasteiger partial charge < -0.3 is 20.6 Å². The van der Waals surface area contributed by atoms with Gasteiger partial charge in [0.1, 0.15) is 18.1 Å². The van der Waals surface area contributed by atoms with Crippen molar-refractivity contribution < 1.29 is 14.7 Å². The molecule has 1 aromatic carbocycles. The van der Waals surface area contributed by atoms with Crippen molar-refractivity contribution in [1.82, 2.24) is 30.0 Å². The molecule has 2 heterocycles. The summed E-state index contributed by atoms with van der Waals surface area (Å²) in [7, 11) is 0. The maximum absolute atomic E-state index is 13.1. The smallest absolute Gasteiger partial charge is 0.258 e. The van der Waals surface area contributed by atoms with Crippen molar-refractivity contribution in [2.75, 3.05) is 19.6 Å². The van der Waals surface area contributed by atoms with E-state index in [0.717, 1.165) is 0 Å². The quantitative estimate of drug-likeness (QED) is 0.741. The van der Waals surface area contributed by atoms with Gasteiger partial charge in [0, 0.05) is 25.7 Å². The number of phenolic OH excluding ortho intramolecular Hbond substituents is 1. The number of carbonyl (C=O) groups excluding carboxylic acids is 2. The lowest BCUT2D eigenvalue weighted by atomic mass is 10.1. The molecule has 1 fully saturated rings. The number of nitrogens with two attached hydrogens (primary N) is 1. The molecule has 1 aliphatic heterocycles. The van der Waals surface area contributed by atoms with Crippen LogP contribution in [0.4, 0.5) is 0 Å². The van der Waals surface area contributed by atoms with Crippen LogP contribution < -0.4 is 5.73 Å². The number of aromatic nitrogens is 4. The number of benzene rings is 1. The summed E-state index contributed by atoms with van der Waals surface area (Å²) in [6.45, 7) is 5.16. The van der Waals surface area contributed by atoms with E-state index >= 15 is 0 Å². The van der Waals surface area contributed by atoms with E-state index in [9.17, 15) is 14.7 Å². The van der Waals surface area contributed by atoms with Crippen LogP contribution in [0.1, 0.15) is 30.6 Å². The molecule has 2 amide bonds. The Bertz CT molecular complexity index is 820. The second-order valence-corrected chi connectivity index (χ2v) is 6.44. The first-order valence-corrected chi connectivity index (χ1v) is 8.87. The zero-order valence-corrected chi connectivity index (χ0v) is 15.3. The summed E-state index contributed by atoms with van der Waals surface area (Å²) >= 11 is 0. The predicted molar refractivity (Wildman–Crippen MR) is 96.2 cm³/mol. The minimum absolute atomic E-state index is 0.0782. The highest BCUT2D eigenvalue weighted by molar-refractivity contribution is 6.00. The van der Waals surface area contributed by atoms with Crippen molar-refractivity contribution in [1.29, 1.82) is 0 Å². The van der Waals surface area contributed by atoms with Gasteiger partial charge in [-0.15, -0.1) is 5.10 Å². The number of rotatable bonds is 5. The van der Waals surface area contributed by atoms with Gasteiger partial charge in [-0.1, -0.05) is 0 Å². The Labute approximate surface area is 156 Å². The summed E-state index contributed by atoms with van der Waals surface area (Å²) in [4.78, 5) is 29.1. The molecular formula is C17H23N7O3. The highest BCUT2D eigenvalue weighted by atomic mass is 16.3. The normalized spacial score (nSPS) is 19.3. The van der Waals surface area contributed by atoms with Gasteiger partial charge in [0.25, 0.3) is 5.91 Å². The van der Waals surface area contributed by atoms with E-state index in [2.05, 4.69) is 15.5 Å². The van der Waals surface area contributed by atoms with Crippen molar-refractivity contribution in [3.63, 3.8) is 0 Å². The fraction of sp³-hybridized carbons (Fsp3) is 0.471. The molecule has 0 saturated carbocycles. The molecular weight excluding hydrogens is 350 g/mol. The molecule has 10 heteroatoms. The minimum Gasteiger partial charge on any atom is -0.507 e. The third kappa shape index (κ3) is 3.61. The van der Waals surface area contributed by atoms with Crippen LogP contribution in [0, 0.1) is 0 Å². The van der Waals surface area contributed by atoms with Crippen LogP contribution in [0.2, 0.25) is 0 Å². The minimum atomic E-state index is -0.636. The van der Waals surface area contributed by atoms with Gasteiger partial charge >= 0.3 is 0 Å². The Morgan fingerprint density at radius 1 is 1.33 bits per heavy atom. The van der Waals surface area contributed by atoms with Crippen LogP contribution in [-0.2, 0) is 4.79 Å². The number of hydrogen-bond acceptors (Lipinski definition) is 7. The number of carbonyl (C=O) groups is 2. The number of nitrogens with zero attached hydrogens (tertiary/aromatic N) is 6. The van der Waals surface area contributed by atoms with E-state index < -0.39 is 11.9 Å². The highest BCUT2D eigenvalue weighted by Crippen LogP contribution is 2.27. The largest absolute Gasteiger partial charge is 0.507 e. The summed E-state index contributed by atoms with van der Waals surface area (Å²) in [5, 5.41) is 21.1. The van der Waals surface area contributed by atoms with Gasteiger partial charge in [-0.25, -0.2) is 4.68 Å². The van der Waals surface area contributed by atoms with Crippen LogP contribution in [-0.4, -0.2) is 78.6 Å². The predicted octanol–water partition coefficient (Wildman–Crippen LogP) is -0.222. The Balaban J connectivity index is 1.92. The summed E-state index contributed by atoms with van der Waals surface area (Å²) in [6.07, 6.45) is 1.79. The van der Waals surface area contributed by atoms with Gasteiger partial charge in [0.05, 0.1) is 11.3 Å². The summed E-state index contributed by atoms with van der Waals surface area (Å²) in [5.74, 6) is -0.746. The molecule has 0 unspecified atom stereocenters. The average Bonchev–Trinajstić information content (AvgIpc) is 3.32. The second-order valence-electron chi connectivity index (χ2n) is 6.44. The van der Waals surface area contributed by atoms with Crippen molar-refractivity contribution in [2.45, 2.75) is 32.4 Å². The third-order valence-electron chi connectivity index (χ3n) is 4.78. The fourth-order valence-corrected chi connectivity index (χ4v) is 3.35. The van der Waals surface area contributed by atoms with Gasteiger partial charge in [0.2, 0.25) is 5.91 Å². The zero-order chi connectivity index (χ0) is 19.6. The number of phenols is 1. The van der Waals surface area contributed by atoms with Crippen LogP contribution in [0.5, 0.6) is 5.75 Å². The second kappa shape index (κ2) is 7.70. The van der Waals surface area contributed by atoms with Crippen LogP contribution in [0.25, 0.3) is 5.69 Å². The maximum atomic E-state index is 13.1. The molecule has 2 aromatic rings. The Kier molecular flexibility index (Phi) is 5.36. The van der Waals surface area contributed by atoms with E-state index in [0.29, 0.717) is 25.2 Å². The monoisotopic (exact) mass is 373 g/mol. The van der Waals surface area contributed by atoms with Gasteiger partial charge in [-0.05, 0) is 48.9 Å². The molecule has 10 nitrogen and oxygen atoms in total. The molecule has 1 saturated heterocycles. The van der Waals surface area contributed by atoms with Crippen LogP contribution in [0.3, 0.4) is 0 Å². The number of hydrogen-bond donors (Lipinski definition) is 2. The number of amides is 2. The van der Waals surface area contributed by atoms with Crippen LogP contribution in [0.15, 0.2) is 24.5 Å². The van der Waals surface area contributed by atoms with Crippen molar-refractivity contribution in [2.24, 2.45) is 5.73 Å². The first kappa shape index (κ1) is 18.8. The van der Waals surface area contributed by atoms with Crippen molar-refractivity contribution in [3.05, 3.63) is 30.1 Å².